The molecule has 108 valence electrons. The summed E-state index contributed by atoms with van der Waals surface area (Å²) in [4.78, 5) is 14.7. The number of carbonyl (C=O) groups excluding carboxylic acids is 1. The highest BCUT2D eigenvalue weighted by Gasteiger charge is 2.34. The number of benzene rings is 1. The largest absolute Gasteiger partial charge is 0.508 e. The molecule has 2 aliphatic rings. The van der Waals surface area contributed by atoms with Crippen LogP contribution in [0.1, 0.15) is 42.5 Å². The first-order valence-corrected chi connectivity index (χ1v) is 7.57. The zero-order valence-electron chi connectivity index (χ0n) is 11.7. The minimum absolute atomic E-state index is 0.0971. The Kier molecular flexibility index (Phi) is 3.92. The molecule has 1 aliphatic heterocycles. The van der Waals surface area contributed by atoms with Crippen LogP contribution in [0, 0.1) is 0 Å². The fourth-order valence-corrected chi connectivity index (χ4v) is 2.87. The van der Waals surface area contributed by atoms with Crippen LogP contribution in [0.25, 0.3) is 0 Å². The Morgan fingerprint density at radius 3 is 2.55 bits per heavy atom. The molecule has 4 nitrogen and oxygen atoms in total. The molecule has 1 aromatic carbocycles. The summed E-state index contributed by atoms with van der Waals surface area (Å²) in [5.41, 5.74) is 0.672. The summed E-state index contributed by atoms with van der Waals surface area (Å²) in [5.74, 6) is 0.299. The summed E-state index contributed by atoms with van der Waals surface area (Å²) >= 11 is 0. The smallest absolute Gasteiger partial charge is 0.254 e. The lowest BCUT2D eigenvalue weighted by Gasteiger charge is -2.31. The van der Waals surface area contributed by atoms with Gasteiger partial charge in [0.25, 0.3) is 5.91 Å². The average Bonchev–Trinajstić information content (AvgIpc) is 3.30. The van der Waals surface area contributed by atoms with Crippen molar-refractivity contribution < 1.29 is 9.90 Å². The molecule has 1 aromatic rings. The molecule has 20 heavy (non-hydrogen) atoms. The standard InChI is InChI=1S/C16H22N2O2/c19-15-8-4-12(5-9-15)16(20)18(14-6-7-14)11-13-3-1-2-10-17-13/h4-5,8-9,13-14,17,19H,1-3,6-7,10-11H2. The van der Waals surface area contributed by atoms with E-state index in [9.17, 15) is 9.90 Å². The Labute approximate surface area is 119 Å². The molecule has 0 aromatic heterocycles. The number of nitrogens with one attached hydrogen (secondary N) is 1. The van der Waals surface area contributed by atoms with Crippen LogP contribution in [0.2, 0.25) is 0 Å². The van der Waals surface area contributed by atoms with Crippen LogP contribution in [0.5, 0.6) is 5.75 Å². The third-order valence-corrected chi connectivity index (χ3v) is 4.19. The van der Waals surface area contributed by atoms with Gasteiger partial charge in [-0.2, -0.15) is 0 Å². The van der Waals surface area contributed by atoms with Crippen LogP contribution < -0.4 is 5.32 Å². The lowest BCUT2D eigenvalue weighted by molar-refractivity contribution is 0.0718. The molecule has 1 unspecified atom stereocenters. The molecule has 1 atom stereocenters. The highest BCUT2D eigenvalue weighted by Crippen LogP contribution is 2.29. The Morgan fingerprint density at radius 1 is 1.20 bits per heavy atom. The van der Waals surface area contributed by atoms with Crippen molar-refractivity contribution in [3.05, 3.63) is 29.8 Å². The van der Waals surface area contributed by atoms with Gasteiger partial charge in [0.05, 0.1) is 0 Å². The zero-order chi connectivity index (χ0) is 13.9. The van der Waals surface area contributed by atoms with Crippen LogP contribution in [-0.2, 0) is 0 Å². The summed E-state index contributed by atoms with van der Waals surface area (Å²) in [5, 5.41) is 12.8. The van der Waals surface area contributed by atoms with E-state index in [1.54, 1.807) is 24.3 Å². The summed E-state index contributed by atoms with van der Waals surface area (Å²) in [7, 11) is 0. The number of carbonyl (C=O) groups is 1. The van der Waals surface area contributed by atoms with E-state index in [0.717, 1.165) is 32.4 Å². The summed E-state index contributed by atoms with van der Waals surface area (Å²) in [6, 6.07) is 7.43. The quantitative estimate of drug-likeness (QED) is 0.884. The van der Waals surface area contributed by atoms with Crippen LogP contribution in [0.4, 0.5) is 0 Å². The molecule has 0 radical (unpaired) electrons. The summed E-state index contributed by atoms with van der Waals surface area (Å²) < 4.78 is 0. The maximum atomic E-state index is 12.6. The van der Waals surface area contributed by atoms with Gasteiger partial charge in [-0.1, -0.05) is 6.42 Å². The maximum Gasteiger partial charge on any atom is 0.254 e. The van der Waals surface area contributed by atoms with Gasteiger partial charge in [-0.25, -0.2) is 0 Å². The van der Waals surface area contributed by atoms with Gasteiger partial charge in [-0.3, -0.25) is 4.79 Å². The van der Waals surface area contributed by atoms with Crippen LogP contribution in [0.15, 0.2) is 24.3 Å². The average molecular weight is 274 g/mol. The van der Waals surface area contributed by atoms with E-state index in [-0.39, 0.29) is 11.7 Å². The predicted octanol–water partition coefficient (Wildman–Crippen LogP) is 2.14. The minimum Gasteiger partial charge on any atom is -0.508 e. The Hall–Kier alpha value is -1.55. The Morgan fingerprint density at radius 2 is 1.95 bits per heavy atom. The second-order valence-electron chi connectivity index (χ2n) is 5.88. The van der Waals surface area contributed by atoms with Crippen molar-refractivity contribution in [1.29, 1.82) is 0 Å². The fourth-order valence-electron chi connectivity index (χ4n) is 2.87. The van der Waals surface area contributed by atoms with E-state index in [1.165, 1.54) is 12.8 Å². The first-order chi connectivity index (χ1) is 9.74. The van der Waals surface area contributed by atoms with E-state index in [1.807, 2.05) is 4.90 Å². The summed E-state index contributed by atoms with van der Waals surface area (Å²) in [6.07, 6.45) is 5.90. The molecule has 1 aliphatic carbocycles. The van der Waals surface area contributed by atoms with E-state index in [4.69, 9.17) is 0 Å². The van der Waals surface area contributed by atoms with Crippen molar-refractivity contribution in [3.8, 4) is 5.75 Å². The molecule has 1 saturated heterocycles. The first kappa shape index (κ1) is 13.4. The number of nitrogens with zero attached hydrogens (tertiary/aromatic N) is 1. The van der Waals surface area contributed by atoms with Crippen LogP contribution in [-0.4, -0.2) is 41.1 Å². The molecule has 1 heterocycles. The van der Waals surface area contributed by atoms with Crippen molar-refractivity contribution >= 4 is 5.91 Å². The first-order valence-electron chi connectivity index (χ1n) is 7.57. The van der Waals surface area contributed by atoms with E-state index in [2.05, 4.69) is 5.32 Å². The number of phenolic OH excluding ortho intramolecular Hbond substituents is 1. The van der Waals surface area contributed by atoms with Gasteiger partial charge in [0, 0.05) is 24.2 Å². The number of amides is 1. The highest BCUT2D eigenvalue weighted by atomic mass is 16.3. The van der Waals surface area contributed by atoms with Gasteiger partial charge in [-0.05, 0) is 56.5 Å². The number of hydrogen-bond donors (Lipinski definition) is 2. The monoisotopic (exact) mass is 274 g/mol. The van der Waals surface area contributed by atoms with Gasteiger partial charge in [0.15, 0.2) is 0 Å². The molecule has 0 bridgehead atoms. The fraction of sp³-hybridized carbons (Fsp3) is 0.562. The Balaban J connectivity index is 1.69. The third kappa shape index (κ3) is 3.12. The minimum atomic E-state index is 0.0971. The molecule has 1 saturated carbocycles. The van der Waals surface area contributed by atoms with Crippen molar-refractivity contribution in [2.45, 2.75) is 44.2 Å². The van der Waals surface area contributed by atoms with E-state index >= 15 is 0 Å². The SMILES string of the molecule is O=C(c1ccc(O)cc1)N(CC1CCCCN1)C1CC1. The molecule has 0 spiro atoms. The molecular weight excluding hydrogens is 252 g/mol. The van der Waals surface area contributed by atoms with Crippen LogP contribution >= 0.6 is 0 Å². The normalized spacial score (nSPS) is 22.5. The zero-order valence-corrected chi connectivity index (χ0v) is 11.7. The Bertz CT molecular complexity index is 462. The van der Waals surface area contributed by atoms with Gasteiger partial charge >= 0.3 is 0 Å². The summed E-state index contributed by atoms with van der Waals surface area (Å²) in [6.45, 7) is 1.88. The number of phenols is 1. The third-order valence-electron chi connectivity index (χ3n) is 4.19. The predicted molar refractivity (Wildman–Crippen MR) is 77.8 cm³/mol. The molecule has 1 amide bonds. The second-order valence-corrected chi connectivity index (χ2v) is 5.88. The number of piperidine rings is 1. The van der Waals surface area contributed by atoms with Crippen molar-refractivity contribution in [2.24, 2.45) is 0 Å². The number of aromatic hydroxyl groups is 1. The molecule has 4 heteroatoms. The highest BCUT2D eigenvalue weighted by molar-refractivity contribution is 5.94. The van der Waals surface area contributed by atoms with E-state index in [0.29, 0.717) is 17.6 Å². The van der Waals surface area contributed by atoms with E-state index < -0.39 is 0 Å². The molecule has 2 fully saturated rings. The van der Waals surface area contributed by atoms with Crippen LogP contribution in [0.3, 0.4) is 0 Å². The van der Waals surface area contributed by atoms with Gasteiger partial charge in [0.2, 0.25) is 0 Å². The van der Waals surface area contributed by atoms with Gasteiger partial charge in [-0.15, -0.1) is 0 Å². The molecule has 2 N–H and O–H groups in total. The van der Waals surface area contributed by atoms with Gasteiger partial charge < -0.3 is 15.3 Å². The van der Waals surface area contributed by atoms with Crippen molar-refractivity contribution in [3.63, 3.8) is 0 Å². The second kappa shape index (κ2) is 5.83. The van der Waals surface area contributed by atoms with Crippen molar-refractivity contribution in [2.75, 3.05) is 13.1 Å². The lowest BCUT2D eigenvalue weighted by atomic mass is 10.0. The lowest BCUT2D eigenvalue weighted by Crippen LogP contribution is -2.46. The van der Waals surface area contributed by atoms with Gasteiger partial charge in [0.1, 0.15) is 5.75 Å². The molecular formula is C16H22N2O2. The topological polar surface area (TPSA) is 52.6 Å². The van der Waals surface area contributed by atoms with Crippen molar-refractivity contribution in [1.82, 2.24) is 10.2 Å². The number of rotatable bonds is 4. The molecule has 3 rings (SSSR count). The maximum absolute atomic E-state index is 12.6. The number of hydrogen-bond acceptors (Lipinski definition) is 3.